The Bertz CT molecular complexity index is 620. The largest absolute Gasteiger partial charge is 0.351 e. The second-order valence-electron chi connectivity index (χ2n) is 3.33. The van der Waals surface area contributed by atoms with E-state index in [4.69, 9.17) is 10.3 Å². The van der Waals surface area contributed by atoms with Crippen molar-refractivity contribution in [1.29, 1.82) is 0 Å². The molecule has 2 aromatic heterocycles. The van der Waals surface area contributed by atoms with Gasteiger partial charge in [-0.25, -0.2) is 4.98 Å². The Morgan fingerprint density at radius 2 is 2.44 bits per heavy atom. The summed E-state index contributed by atoms with van der Waals surface area (Å²) in [7, 11) is 0. The summed E-state index contributed by atoms with van der Waals surface area (Å²) in [6, 6.07) is 0. The standard InChI is InChI=1S/C11H10N4O2S/c1-7-5-14-17-9(7)10(16)15-11-13-6-8(18-11)3-2-4-12/h5-6H,4,12H2,1H3,(H,13,15,16). The molecule has 1 amide bonds. The van der Waals surface area contributed by atoms with Crippen molar-refractivity contribution in [1.82, 2.24) is 10.1 Å². The van der Waals surface area contributed by atoms with Gasteiger partial charge in [0.15, 0.2) is 5.13 Å². The van der Waals surface area contributed by atoms with E-state index in [1.165, 1.54) is 17.5 Å². The lowest BCUT2D eigenvalue weighted by Gasteiger charge is -1.97. The number of aromatic nitrogens is 2. The highest BCUT2D eigenvalue weighted by Gasteiger charge is 2.15. The minimum atomic E-state index is -0.377. The van der Waals surface area contributed by atoms with Gasteiger partial charge in [-0.2, -0.15) is 0 Å². The van der Waals surface area contributed by atoms with E-state index in [0.29, 0.717) is 10.7 Å². The fraction of sp³-hybridized carbons (Fsp3) is 0.182. The summed E-state index contributed by atoms with van der Waals surface area (Å²) in [6.07, 6.45) is 3.06. The highest BCUT2D eigenvalue weighted by Crippen LogP contribution is 2.18. The lowest BCUT2D eigenvalue weighted by molar-refractivity contribution is 0.0987. The maximum atomic E-state index is 11.8. The van der Waals surface area contributed by atoms with Crippen LogP contribution in [0, 0.1) is 18.8 Å². The van der Waals surface area contributed by atoms with Gasteiger partial charge in [-0.3, -0.25) is 10.1 Å². The number of amides is 1. The first-order valence-corrected chi connectivity index (χ1v) is 5.89. The van der Waals surface area contributed by atoms with Gasteiger partial charge in [0, 0.05) is 5.56 Å². The maximum absolute atomic E-state index is 11.8. The molecule has 2 heterocycles. The van der Waals surface area contributed by atoms with Gasteiger partial charge < -0.3 is 10.3 Å². The molecule has 0 aliphatic rings. The predicted molar refractivity (Wildman–Crippen MR) is 67.2 cm³/mol. The molecule has 18 heavy (non-hydrogen) atoms. The first kappa shape index (κ1) is 12.3. The van der Waals surface area contributed by atoms with Crippen molar-refractivity contribution in [3.05, 3.63) is 28.6 Å². The normalized spacial score (nSPS) is 9.67. The van der Waals surface area contributed by atoms with Crippen molar-refractivity contribution in [2.45, 2.75) is 6.92 Å². The van der Waals surface area contributed by atoms with E-state index in [2.05, 4.69) is 27.3 Å². The summed E-state index contributed by atoms with van der Waals surface area (Å²) >= 11 is 1.27. The zero-order valence-electron chi connectivity index (χ0n) is 9.56. The molecule has 6 nitrogen and oxygen atoms in total. The molecular formula is C11H10N4O2S. The van der Waals surface area contributed by atoms with Crippen LogP contribution < -0.4 is 11.1 Å². The molecule has 0 aromatic carbocycles. The number of nitrogens with zero attached hydrogens (tertiary/aromatic N) is 2. The van der Waals surface area contributed by atoms with Gasteiger partial charge in [0.05, 0.1) is 23.8 Å². The number of carbonyl (C=O) groups is 1. The summed E-state index contributed by atoms with van der Waals surface area (Å²) in [5.41, 5.74) is 5.94. The lowest BCUT2D eigenvalue weighted by Crippen LogP contribution is -2.11. The molecule has 2 aromatic rings. The molecule has 0 saturated carbocycles. The Kier molecular flexibility index (Phi) is 3.72. The number of rotatable bonds is 2. The fourth-order valence-electron chi connectivity index (χ4n) is 1.19. The Hall–Kier alpha value is -2.17. The summed E-state index contributed by atoms with van der Waals surface area (Å²) in [5, 5.41) is 6.61. The van der Waals surface area contributed by atoms with E-state index in [-0.39, 0.29) is 18.2 Å². The number of nitrogens with two attached hydrogens (primary N) is 1. The average Bonchev–Trinajstić information content (AvgIpc) is 2.95. The summed E-state index contributed by atoms with van der Waals surface area (Å²) < 4.78 is 4.84. The van der Waals surface area contributed by atoms with Crippen molar-refractivity contribution in [2.75, 3.05) is 11.9 Å². The quantitative estimate of drug-likeness (QED) is 0.787. The summed E-state index contributed by atoms with van der Waals surface area (Å²) in [5.74, 6) is 5.36. The molecule has 2 rings (SSSR count). The second-order valence-corrected chi connectivity index (χ2v) is 4.36. The highest BCUT2D eigenvalue weighted by molar-refractivity contribution is 7.16. The molecule has 0 unspecified atom stereocenters. The molecule has 92 valence electrons. The Morgan fingerprint density at radius 1 is 1.61 bits per heavy atom. The molecule has 3 N–H and O–H groups in total. The van der Waals surface area contributed by atoms with Crippen LogP contribution in [0.15, 0.2) is 16.9 Å². The maximum Gasteiger partial charge on any atom is 0.296 e. The highest BCUT2D eigenvalue weighted by atomic mass is 32.1. The number of thiazole rings is 1. The monoisotopic (exact) mass is 262 g/mol. The van der Waals surface area contributed by atoms with Crippen LogP contribution in [0.1, 0.15) is 21.0 Å². The zero-order valence-corrected chi connectivity index (χ0v) is 10.4. The molecule has 0 radical (unpaired) electrons. The van der Waals surface area contributed by atoms with E-state index < -0.39 is 0 Å². The molecular weight excluding hydrogens is 252 g/mol. The fourth-order valence-corrected chi connectivity index (χ4v) is 1.88. The van der Waals surface area contributed by atoms with Crippen LogP contribution in [0.3, 0.4) is 0 Å². The van der Waals surface area contributed by atoms with Crippen LogP contribution in [0.4, 0.5) is 5.13 Å². The van der Waals surface area contributed by atoms with Gasteiger partial charge >= 0.3 is 0 Å². The summed E-state index contributed by atoms with van der Waals surface area (Å²) in [6.45, 7) is 2.03. The molecule has 0 atom stereocenters. The predicted octanol–water partition coefficient (Wildman–Crippen LogP) is 1.00. The number of hydrogen-bond donors (Lipinski definition) is 2. The van der Waals surface area contributed by atoms with Gasteiger partial charge in [-0.05, 0) is 6.92 Å². The molecule has 0 bridgehead atoms. The Labute approximate surface area is 107 Å². The van der Waals surface area contributed by atoms with Gasteiger partial charge in [0.25, 0.3) is 5.91 Å². The third kappa shape index (κ3) is 2.74. The first-order chi connectivity index (χ1) is 8.70. The third-order valence-electron chi connectivity index (χ3n) is 1.99. The van der Waals surface area contributed by atoms with E-state index in [0.717, 1.165) is 4.88 Å². The molecule has 7 heteroatoms. The van der Waals surface area contributed by atoms with Crippen molar-refractivity contribution in [3.8, 4) is 11.8 Å². The van der Waals surface area contributed by atoms with Crippen molar-refractivity contribution >= 4 is 22.4 Å². The van der Waals surface area contributed by atoms with E-state index in [1.807, 2.05) is 0 Å². The van der Waals surface area contributed by atoms with Crippen molar-refractivity contribution in [2.24, 2.45) is 5.73 Å². The van der Waals surface area contributed by atoms with Crippen molar-refractivity contribution in [3.63, 3.8) is 0 Å². The van der Waals surface area contributed by atoms with Crippen LogP contribution in [0.5, 0.6) is 0 Å². The molecule has 0 aliphatic heterocycles. The molecule has 0 saturated heterocycles. The number of nitrogens with one attached hydrogen (secondary N) is 1. The number of carbonyl (C=O) groups excluding carboxylic acids is 1. The topological polar surface area (TPSA) is 94.0 Å². The van der Waals surface area contributed by atoms with Crippen LogP contribution in [0.25, 0.3) is 0 Å². The first-order valence-electron chi connectivity index (χ1n) is 5.08. The van der Waals surface area contributed by atoms with Crippen LogP contribution >= 0.6 is 11.3 Å². The number of aryl methyl sites for hydroxylation is 1. The van der Waals surface area contributed by atoms with Gasteiger partial charge in [-0.1, -0.05) is 28.3 Å². The summed E-state index contributed by atoms with van der Waals surface area (Å²) in [4.78, 5) is 16.6. The van der Waals surface area contributed by atoms with Crippen LogP contribution in [-0.2, 0) is 0 Å². The van der Waals surface area contributed by atoms with E-state index in [1.54, 1.807) is 13.1 Å². The van der Waals surface area contributed by atoms with E-state index >= 15 is 0 Å². The molecule has 0 spiro atoms. The molecule has 0 aliphatic carbocycles. The molecule has 0 fully saturated rings. The second kappa shape index (κ2) is 5.44. The zero-order chi connectivity index (χ0) is 13.0. The SMILES string of the molecule is Cc1cnoc1C(=O)Nc1ncc(C#CCN)s1. The van der Waals surface area contributed by atoms with Gasteiger partial charge in [-0.15, -0.1) is 0 Å². The van der Waals surface area contributed by atoms with Crippen molar-refractivity contribution < 1.29 is 9.32 Å². The van der Waals surface area contributed by atoms with Crippen LogP contribution in [-0.4, -0.2) is 22.6 Å². The smallest absolute Gasteiger partial charge is 0.296 e. The third-order valence-corrected chi connectivity index (χ3v) is 2.82. The number of hydrogen-bond acceptors (Lipinski definition) is 6. The van der Waals surface area contributed by atoms with Gasteiger partial charge in [0.1, 0.15) is 0 Å². The van der Waals surface area contributed by atoms with Gasteiger partial charge in [0.2, 0.25) is 5.76 Å². The number of anilines is 1. The van der Waals surface area contributed by atoms with E-state index in [9.17, 15) is 4.79 Å². The average molecular weight is 262 g/mol. The minimum absolute atomic E-state index is 0.180. The van der Waals surface area contributed by atoms with Crippen LogP contribution in [0.2, 0.25) is 0 Å². The minimum Gasteiger partial charge on any atom is -0.351 e. The lowest BCUT2D eigenvalue weighted by atomic mass is 10.3. The Morgan fingerprint density at radius 3 is 3.11 bits per heavy atom. The Balaban J connectivity index is 2.08.